The van der Waals surface area contributed by atoms with Gasteiger partial charge in [0.05, 0.1) is 0 Å². The van der Waals surface area contributed by atoms with Crippen molar-refractivity contribution in [2.75, 3.05) is 14.2 Å². The number of rotatable bonds is 3. The maximum absolute atomic E-state index is 9.10. The Bertz CT molecular complexity index is 430. The molecule has 0 unspecified atom stereocenters. The van der Waals surface area contributed by atoms with Crippen molar-refractivity contribution >= 4 is 22.0 Å². The summed E-state index contributed by atoms with van der Waals surface area (Å²) in [5.74, 6) is 1.46. The molecule has 3 nitrogen and oxygen atoms in total. The van der Waals surface area contributed by atoms with E-state index in [9.17, 15) is 0 Å². The van der Waals surface area contributed by atoms with Gasteiger partial charge in [-0.15, -0.1) is 0 Å². The van der Waals surface area contributed by atoms with Crippen molar-refractivity contribution in [3.8, 4) is 17.6 Å². The van der Waals surface area contributed by atoms with E-state index in [2.05, 4.69) is 20.9 Å². The van der Waals surface area contributed by atoms with E-state index in [1.807, 2.05) is 6.07 Å². The number of methoxy groups -OCH3 is 2. The van der Waals surface area contributed by atoms with Crippen molar-refractivity contribution in [1.82, 2.24) is 0 Å². The number of hydrogen-bond acceptors (Lipinski definition) is 3. The van der Waals surface area contributed by atoms with Crippen molar-refractivity contribution in [3.05, 3.63) is 17.7 Å². The summed E-state index contributed by atoms with van der Waals surface area (Å²) in [5, 5.41) is 9.10. The molecule has 0 saturated carbocycles. The van der Waals surface area contributed by atoms with E-state index in [0.29, 0.717) is 5.56 Å². The summed E-state index contributed by atoms with van der Waals surface area (Å²) < 4.78 is 11.8. The average Bonchev–Trinajstić information content (AvgIpc) is 2.25. The van der Waals surface area contributed by atoms with Crippen LogP contribution in [0, 0.1) is 11.3 Å². The Balaban J connectivity index is 3.51. The van der Waals surface area contributed by atoms with Crippen LogP contribution < -0.4 is 13.1 Å². The molecular weight excluding hydrogens is 309 g/mol. The van der Waals surface area contributed by atoms with Crippen LogP contribution in [-0.4, -0.2) is 32.6 Å². The normalized spacial score (nSPS) is 10.8. The summed E-state index contributed by atoms with van der Waals surface area (Å²) in [6, 6.07) is 5.89. The van der Waals surface area contributed by atoms with Crippen molar-refractivity contribution < 1.29 is 9.47 Å². The molecular formula is C12H17NO2Sn. The summed E-state index contributed by atoms with van der Waals surface area (Å²) in [5.41, 5.74) is 0.559. The Morgan fingerprint density at radius 3 is 2.12 bits per heavy atom. The van der Waals surface area contributed by atoms with Crippen LogP contribution in [0.5, 0.6) is 11.5 Å². The van der Waals surface area contributed by atoms with Crippen LogP contribution in [0.2, 0.25) is 14.8 Å². The van der Waals surface area contributed by atoms with E-state index in [4.69, 9.17) is 14.7 Å². The first-order chi connectivity index (χ1) is 7.43. The standard InChI is InChI=1S/C9H8NO2.3CH3.Sn/c1-11-8-3-4-9(12-2)7(5-8)6-10;;;;/h3,5H,1-2H3;3*1H3;. The van der Waals surface area contributed by atoms with Crippen molar-refractivity contribution in [2.24, 2.45) is 0 Å². The summed E-state index contributed by atoms with van der Waals surface area (Å²) >= 11 is -2.30. The molecule has 1 aromatic carbocycles. The van der Waals surface area contributed by atoms with Gasteiger partial charge in [0, 0.05) is 0 Å². The second-order valence-electron chi connectivity index (χ2n) is 4.62. The molecule has 1 rings (SSSR count). The van der Waals surface area contributed by atoms with Gasteiger partial charge in [-0.1, -0.05) is 0 Å². The molecule has 0 fully saturated rings. The van der Waals surface area contributed by atoms with E-state index in [0.717, 1.165) is 11.5 Å². The first kappa shape index (κ1) is 13.2. The molecule has 86 valence electrons. The van der Waals surface area contributed by atoms with Crippen LogP contribution >= 0.6 is 0 Å². The zero-order valence-corrected chi connectivity index (χ0v) is 13.3. The van der Waals surface area contributed by atoms with E-state index in [1.54, 1.807) is 20.3 Å². The van der Waals surface area contributed by atoms with E-state index >= 15 is 0 Å². The fraction of sp³-hybridized carbons (Fsp3) is 0.417. The van der Waals surface area contributed by atoms with Gasteiger partial charge in [-0.25, -0.2) is 0 Å². The molecule has 0 heterocycles. The third kappa shape index (κ3) is 2.62. The predicted octanol–water partition coefficient (Wildman–Crippen LogP) is 2.12. The summed E-state index contributed by atoms with van der Waals surface area (Å²) in [6.07, 6.45) is 0. The van der Waals surface area contributed by atoms with Crippen LogP contribution in [0.25, 0.3) is 0 Å². The number of nitrogens with zero attached hydrogens (tertiary/aromatic N) is 1. The van der Waals surface area contributed by atoms with Gasteiger partial charge in [0.25, 0.3) is 0 Å². The monoisotopic (exact) mass is 327 g/mol. The van der Waals surface area contributed by atoms with E-state index < -0.39 is 18.4 Å². The Morgan fingerprint density at radius 1 is 1.12 bits per heavy atom. The third-order valence-electron chi connectivity index (χ3n) is 2.43. The van der Waals surface area contributed by atoms with E-state index in [-0.39, 0.29) is 0 Å². The summed E-state index contributed by atoms with van der Waals surface area (Å²) in [7, 11) is 3.23. The van der Waals surface area contributed by atoms with Gasteiger partial charge in [-0.2, -0.15) is 0 Å². The van der Waals surface area contributed by atoms with Crippen LogP contribution in [0.1, 0.15) is 5.56 Å². The van der Waals surface area contributed by atoms with Gasteiger partial charge in [0.15, 0.2) is 0 Å². The fourth-order valence-electron chi connectivity index (χ4n) is 1.58. The molecule has 0 aliphatic carbocycles. The van der Waals surface area contributed by atoms with Crippen molar-refractivity contribution in [3.63, 3.8) is 0 Å². The maximum atomic E-state index is 9.10. The van der Waals surface area contributed by atoms with Gasteiger partial charge >= 0.3 is 101 Å². The molecule has 0 atom stereocenters. The average molecular weight is 326 g/mol. The zero-order valence-electron chi connectivity index (χ0n) is 10.4. The number of benzene rings is 1. The second kappa shape index (κ2) is 4.96. The third-order valence-corrected chi connectivity index (χ3v) is 8.10. The molecule has 0 aliphatic rings. The first-order valence-electron chi connectivity index (χ1n) is 5.10. The Kier molecular flexibility index (Phi) is 4.08. The van der Waals surface area contributed by atoms with Gasteiger partial charge in [0.1, 0.15) is 0 Å². The molecule has 0 amide bonds. The number of hydrogen-bond donors (Lipinski definition) is 0. The second-order valence-corrected chi connectivity index (χ2v) is 19.0. The number of nitriles is 1. The molecule has 0 saturated heterocycles. The molecule has 16 heavy (non-hydrogen) atoms. The Morgan fingerprint density at radius 2 is 1.75 bits per heavy atom. The molecule has 1 aromatic rings. The molecule has 0 N–H and O–H groups in total. The molecule has 4 heteroatoms. The van der Waals surface area contributed by atoms with Crippen LogP contribution in [0.3, 0.4) is 0 Å². The summed E-state index contributed by atoms with van der Waals surface area (Å²) in [4.78, 5) is 6.85. The van der Waals surface area contributed by atoms with Gasteiger partial charge in [0.2, 0.25) is 0 Å². The van der Waals surface area contributed by atoms with Crippen LogP contribution in [0.4, 0.5) is 0 Å². The van der Waals surface area contributed by atoms with Crippen molar-refractivity contribution in [1.29, 1.82) is 5.26 Å². The molecule has 0 aliphatic heterocycles. The minimum absolute atomic E-state index is 0.559. The van der Waals surface area contributed by atoms with Crippen LogP contribution in [-0.2, 0) is 0 Å². The van der Waals surface area contributed by atoms with Crippen molar-refractivity contribution in [2.45, 2.75) is 14.8 Å². The quantitative estimate of drug-likeness (QED) is 0.799. The summed E-state index contributed by atoms with van der Waals surface area (Å²) in [6.45, 7) is 0. The SMILES string of the molecule is COc1cc(C#N)c(OC)[c]([Sn]([CH3])([CH3])[CH3])c1. The fourth-order valence-corrected chi connectivity index (χ4v) is 5.84. The first-order valence-corrected chi connectivity index (χ1v) is 15.1. The molecule has 0 spiro atoms. The van der Waals surface area contributed by atoms with Crippen LogP contribution in [0.15, 0.2) is 12.1 Å². The topological polar surface area (TPSA) is 42.2 Å². The minimum atomic E-state index is -2.30. The zero-order chi connectivity index (χ0) is 12.3. The number of ether oxygens (including phenoxy) is 2. The molecule has 0 aromatic heterocycles. The van der Waals surface area contributed by atoms with Gasteiger partial charge < -0.3 is 0 Å². The molecule has 0 radical (unpaired) electrons. The Labute approximate surface area is 101 Å². The predicted molar refractivity (Wildman–Crippen MR) is 67.2 cm³/mol. The van der Waals surface area contributed by atoms with E-state index in [1.165, 1.54) is 3.58 Å². The van der Waals surface area contributed by atoms with Gasteiger partial charge in [-0.05, 0) is 0 Å². The molecule has 0 bridgehead atoms. The van der Waals surface area contributed by atoms with Gasteiger partial charge in [-0.3, -0.25) is 0 Å². The Hall–Kier alpha value is -0.891.